The number of nitrogens with one attached hydrogen (secondary N) is 1. The molecule has 0 aliphatic carbocycles. The van der Waals surface area contributed by atoms with Gasteiger partial charge >= 0.3 is 5.97 Å². The molecule has 1 aliphatic rings. The third-order valence-corrected chi connectivity index (χ3v) is 3.65. The van der Waals surface area contributed by atoms with Crippen LogP contribution in [0.2, 0.25) is 0 Å². The molecule has 0 spiro atoms. The van der Waals surface area contributed by atoms with E-state index in [-0.39, 0.29) is 6.04 Å². The molecule has 2 unspecified atom stereocenters. The van der Waals surface area contributed by atoms with Crippen molar-refractivity contribution in [2.75, 3.05) is 0 Å². The first-order valence-corrected chi connectivity index (χ1v) is 6.56. The minimum Gasteiger partial charge on any atom is -0.480 e. The monoisotopic (exact) mass is 256 g/mol. The molecule has 2 aromatic rings. The van der Waals surface area contributed by atoms with Gasteiger partial charge in [0, 0.05) is 23.5 Å². The zero-order chi connectivity index (χ0) is 13.2. The molecule has 2 atom stereocenters. The van der Waals surface area contributed by atoms with Crippen LogP contribution >= 0.6 is 0 Å². The Morgan fingerprint density at radius 3 is 2.89 bits per heavy atom. The van der Waals surface area contributed by atoms with E-state index >= 15 is 0 Å². The minimum absolute atomic E-state index is 0.217. The Bertz CT molecular complexity index is 612. The molecule has 0 bridgehead atoms. The van der Waals surface area contributed by atoms with E-state index in [0.29, 0.717) is 6.42 Å². The highest BCUT2D eigenvalue weighted by Gasteiger charge is 2.28. The maximum atomic E-state index is 10.9. The Morgan fingerprint density at radius 2 is 2.11 bits per heavy atom. The van der Waals surface area contributed by atoms with Gasteiger partial charge in [0.15, 0.2) is 0 Å². The zero-order valence-electron chi connectivity index (χ0n) is 10.5. The average molecular weight is 256 g/mol. The molecule has 4 heteroatoms. The Hall–Kier alpha value is -1.94. The van der Waals surface area contributed by atoms with Crippen LogP contribution in [-0.4, -0.2) is 28.1 Å². The molecule has 2 N–H and O–H groups in total. The SMILES string of the molecule is O=C(O)C1CCC(Cc2ccc3ccccc3n2)N1. The van der Waals surface area contributed by atoms with Gasteiger partial charge in [0.25, 0.3) is 0 Å². The predicted octanol–water partition coefficient (Wildman–Crippen LogP) is 1.98. The number of pyridine rings is 1. The number of benzene rings is 1. The molecule has 2 heterocycles. The van der Waals surface area contributed by atoms with Crippen molar-refractivity contribution in [3.63, 3.8) is 0 Å². The molecule has 1 aromatic carbocycles. The summed E-state index contributed by atoms with van der Waals surface area (Å²) in [5.41, 5.74) is 2.01. The van der Waals surface area contributed by atoms with Crippen LogP contribution in [0.15, 0.2) is 36.4 Å². The second-order valence-corrected chi connectivity index (χ2v) is 5.03. The number of carboxylic acids is 1. The molecular formula is C15H16N2O2. The molecule has 19 heavy (non-hydrogen) atoms. The van der Waals surface area contributed by atoms with Crippen molar-refractivity contribution in [3.8, 4) is 0 Å². The van der Waals surface area contributed by atoms with Crippen LogP contribution < -0.4 is 5.32 Å². The summed E-state index contributed by atoms with van der Waals surface area (Å²) in [6, 6.07) is 11.9. The van der Waals surface area contributed by atoms with Crippen molar-refractivity contribution in [2.45, 2.75) is 31.3 Å². The van der Waals surface area contributed by atoms with Crippen LogP contribution in [0.3, 0.4) is 0 Å². The van der Waals surface area contributed by atoms with E-state index in [1.54, 1.807) is 0 Å². The number of carboxylic acid groups (broad SMARTS) is 1. The van der Waals surface area contributed by atoms with Crippen molar-refractivity contribution < 1.29 is 9.90 Å². The number of aliphatic carboxylic acids is 1. The summed E-state index contributed by atoms with van der Waals surface area (Å²) in [5.74, 6) is -0.756. The number of nitrogens with zero attached hydrogens (tertiary/aromatic N) is 1. The van der Waals surface area contributed by atoms with E-state index in [1.807, 2.05) is 30.3 Å². The number of hydrogen-bond acceptors (Lipinski definition) is 3. The van der Waals surface area contributed by atoms with Gasteiger partial charge < -0.3 is 10.4 Å². The van der Waals surface area contributed by atoms with E-state index in [0.717, 1.165) is 29.4 Å². The molecule has 1 saturated heterocycles. The van der Waals surface area contributed by atoms with E-state index < -0.39 is 12.0 Å². The molecule has 1 aliphatic heterocycles. The minimum atomic E-state index is -0.756. The molecule has 0 radical (unpaired) electrons. The average Bonchev–Trinajstić information content (AvgIpc) is 2.87. The Labute approximate surface area is 111 Å². The van der Waals surface area contributed by atoms with E-state index in [2.05, 4.69) is 16.4 Å². The number of para-hydroxylation sites is 1. The molecule has 3 rings (SSSR count). The van der Waals surface area contributed by atoms with E-state index in [9.17, 15) is 4.79 Å². The second-order valence-electron chi connectivity index (χ2n) is 5.03. The normalized spacial score (nSPS) is 22.7. The zero-order valence-corrected chi connectivity index (χ0v) is 10.5. The summed E-state index contributed by atoms with van der Waals surface area (Å²) in [5, 5.41) is 13.2. The van der Waals surface area contributed by atoms with Crippen molar-refractivity contribution >= 4 is 16.9 Å². The lowest BCUT2D eigenvalue weighted by Gasteiger charge is -2.11. The number of fused-ring (bicyclic) bond motifs is 1. The van der Waals surface area contributed by atoms with Crippen LogP contribution in [-0.2, 0) is 11.2 Å². The van der Waals surface area contributed by atoms with Crippen molar-refractivity contribution in [3.05, 3.63) is 42.1 Å². The molecule has 98 valence electrons. The van der Waals surface area contributed by atoms with Crippen molar-refractivity contribution in [1.29, 1.82) is 0 Å². The Balaban J connectivity index is 1.73. The summed E-state index contributed by atoms with van der Waals surface area (Å²) in [6.45, 7) is 0. The van der Waals surface area contributed by atoms with Gasteiger partial charge in [-0.1, -0.05) is 24.3 Å². The summed E-state index contributed by atoms with van der Waals surface area (Å²) >= 11 is 0. The highest BCUT2D eigenvalue weighted by atomic mass is 16.4. The quantitative estimate of drug-likeness (QED) is 0.881. The summed E-state index contributed by atoms with van der Waals surface area (Å²) in [4.78, 5) is 15.5. The number of hydrogen-bond donors (Lipinski definition) is 2. The molecule has 0 amide bonds. The number of rotatable bonds is 3. The summed E-state index contributed by atoms with van der Waals surface area (Å²) < 4.78 is 0. The van der Waals surface area contributed by atoms with Crippen LogP contribution in [0, 0.1) is 0 Å². The number of carbonyl (C=O) groups is 1. The van der Waals surface area contributed by atoms with Gasteiger partial charge in [0.1, 0.15) is 6.04 Å². The Kier molecular flexibility index (Phi) is 3.17. The lowest BCUT2D eigenvalue weighted by atomic mass is 10.1. The highest BCUT2D eigenvalue weighted by molar-refractivity contribution is 5.78. The first-order chi connectivity index (χ1) is 9.22. The van der Waals surface area contributed by atoms with Crippen molar-refractivity contribution in [2.24, 2.45) is 0 Å². The summed E-state index contributed by atoms with van der Waals surface area (Å²) in [7, 11) is 0. The predicted molar refractivity (Wildman–Crippen MR) is 73.0 cm³/mol. The van der Waals surface area contributed by atoms with Crippen LogP contribution in [0.5, 0.6) is 0 Å². The van der Waals surface area contributed by atoms with Gasteiger partial charge in [-0.05, 0) is 25.0 Å². The molecular weight excluding hydrogens is 240 g/mol. The van der Waals surface area contributed by atoms with Crippen molar-refractivity contribution in [1.82, 2.24) is 10.3 Å². The van der Waals surface area contributed by atoms with Crippen LogP contribution in [0.1, 0.15) is 18.5 Å². The van der Waals surface area contributed by atoms with Gasteiger partial charge in [-0.15, -0.1) is 0 Å². The van der Waals surface area contributed by atoms with Gasteiger partial charge in [-0.2, -0.15) is 0 Å². The maximum absolute atomic E-state index is 10.9. The summed E-state index contributed by atoms with van der Waals surface area (Å²) in [6.07, 6.45) is 2.38. The van der Waals surface area contributed by atoms with Gasteiger partial charge in [0.2, 0.25) is 0 Å². The third kappa shape index (κ3) is 2.58. The molecule has 4 nitrogen and oxygen atoms in total. The largest absolute Gasteiger partial charge is 0.480 e. The fourth-order valence-corrected chi connectivity index (χ4v) is 2.65. The highest BCUT2D eigenvalue weighted by Crippen LogP contribution is 2.18. The topological polar surface area (TPSA) is 62.2 Å². The molecule has 0 saturated carbocycles. The first-order valence-electron chi connectivity index (χ1n) is 6.56. The fraction of sp³-hybridized carbons (Fsp3) is 0.333. The second kappa shape index (κ2) is 4.97. The Morgan fingerprint density at radius 1 is 1.26 bits per heavy atom. The lowest BCUT2D eigenvalue weighted by Crippen LogP contribution is -2.36. The van der Waals surface area contributed by atoms with E-state index in [4.69, 9.17) is 5.11 Å². The smallest absolute Gasteiger partial charge is 0.320 e. The van der Waals surface area contributed by atoms with Crippen LogP contribution in [0.25, 0.3) is 10.9 Å². The third-order valence-electron chi connectivity index (χ3n) is 3.65. The fourth-order valence-electron chi connectivity index (χ4n) is 2.65. The standard InChI is InChI=1S/C15H16N2O2/c18-15(19)14-8-7-12(17-14)9-11-6-5-10-3-1-2-4-13(10)16-11/h1-6,12,14,17H,7-9H2,(H,18,19). The molecule has 1 fully saturated rings. The van der Waals surface area contributed by atoms with Gasteiger partial charge in [-0.3, -0.25) is 9.78 Å². The lowest BCUT2D eigenvalue weighted by molar-refractivity contribution is -0.139. The molecule has 1 aromatic heterocycles. The van der Waals surface area contributed by atoms with Gasteiger partial charge in [-0.25, -0.2) is 0 Å². The van der Waals surface area contributed by atoms with Gasteiger partial charge in [0.05, 0.1) is 5.52 Å². The number of aromatic nitrogens is 1. The van der Waals surface area contributed by atoms with Crippen LogP contribution in [0.4, 0.5) is 0 Å². The maximum Gasteiger partial charge on any atom is 0.320 e. The van der Waals surface area contributed by atoms with E-state index in [1.165, 1.54) is 0 Å². The first kappa shape index (κ1) is 12.1.